The number of halogens is 3. The lowest BCUT2D eigenvalue weighted by atomic mass is 10.1. The fourth-order valence-corrected chi connectivity index (χ4v) is 2.23. The average Bonchev–Trinajstić information content (AvgIpc) is 3.08. The molecule has 6 nitrogen and oxygen atoms in total. The minimum absolute atomic E-state index is 0.000630. The molecule has 0 unspecified atom stereocenters. The smallest absolute Gasteiger partial charge is 0.416 e. The highest BCUT2D eigenvalue weighted by atomic mass is 19.4. The predicted molar refractivity (Wildman–Crippen MR) is 86.8 cm³/mol. The van der Waals surface area contributed by atoms with Gasteiger partial charge >= 0.3 is 6.18 Å². The molecule has 1 aromatic heterocycles. The van der Waals surface area contributed by atoms with Crippen LogP contribution < -0.4 is 5.32 Å². The molecule has 0 atom stereocenters. The SMILES string of the molecule is O=C(Nc1cc(O)ccc1O)c1cc(-c2ccc(C(F)(F)F)cc2)n[nH]1. The summed E-state index contributed by atoms with van der Waals surface area (Å²) in [5, 5.41) is 27.8. The first kappa shape index (κ1) is 17.3. The summed E-state index contributed by atoms with van der Waals surface area (Å²) in [6.45, 7) is 0. The van der Waals surface area contributed by atoms with Gasteiger partial charge in [-0.1, -0.05) is 12.1 Å². The Morgan fingerprint density at radius 3 is 2.38 bits per heavy atom. The summed E-state index contributed by atoms with van der Waals surface area (Å²) in [6.07, 6.45) is -4.43. The zero-order valence-corrected chi connectivity index (χ0v) is 13.0. The van der Waals surface area contributed by atoms with E-state index < -0.39 is 17.6 Å². The highest BCUT2D eigenvalue weighted by Gasteiger charge is 2.30. The number of anilines is 1. The van der Waals surface area contributed by atoms with E-state index in [0.29, 0.717) is 5.56 Å². The second-order valence-electron chi connectivity index (χ2n) is 5.40. The number of amides is 1. The van der Waals surface area contributed by atoms with Crippen LogP contribution in [0.4, 0.5) is 18.9 Å². The number of nitrogens with zero attached hydrogens (tertiary/aromatic N) is 1. The highest BCUT2D eigenvalue weighted by Crippen LogP contribution is 2.31. The molecule has 3 aromatic rings. The maximum absolute atomic E-state index is 12.6. The summed E-state index contributed by atoms with van der Waals surface area (Å²) >= 11 is 0. The van der Waals surface area contributed by atoms with E-state index in [1.54, 1.807) is 0 Å². The molecule has 0 radical (unpaired) electrons. The number of benzene rings is 2. The normalized spacial score (nSPS) is 11.3. The van der Waals surface area contributed by atoms with Crippen molar-refractivity contribution in [2.75, 3.05) is 5.32 Å². The van der Waals surface area contributed by atoms with Crippen LogP contribution in [0.15, 0.2) is 48.5 Å². The van der Waals surface area contributed by atoms with Crippen LogP contribution in [-0.2, 0) is 6.18 Å². The first-order valence-corrected chi connectivity index (χ1v) is 7.30. The Balaban J connectivity index is 1.79. The summed E-state index contributed by atoms with van der Waals surface area (Å²) in [7, 11) is 0. The van der Waals surface area contributed by atoms with E-state index in [2.05, 4.69) is 15.5 Å². The van der Waals surface area contributed by atoms with Crippen LogP contribution in [0.2, 0.25) is 0 Å². The molecular formula is C17H12F3N3O3. The van der Waals surface area contributed by atoms with E-state index in [-0.39, 0.29) is 28.6 Å². The molecule has 26 heavy (non-hydrogen) atoms. The van der Waals surface area contributed by atoms with Gasteiger partial charge in [-0.05, 0) is 30.3 Å². The number of alkyl halides is 3. The second kappa shape index (κ2) is 6.43. The third-order valence-electron chi connectivity index (χ3n) is 3.56. The standard InChI is InChI=1S/C17H12F3N3O3/c18-17(19,20)10-3-1-9(2-4-10)12-8-14(23-22-12)16(26)21-13-7-11(24)5-6-15(13)25/h1-8,24-25H,(H,21,26)(H,22,23). The maximum atomic E-state index is 12.6. The van der Waals surface area contributed by atoms with Crippen molar-refractivity contribution in [1.29, 1.82) is 0 Å². The maximum Gasteiger partial charge on any atom is 0.416 e. The van der Waals surface area contributed by atoms with Gasteiger partial charge in [-0.25, -0.2) is 0 Å². The van der Waals surface area contributed by atoms with Crippen LogP contribution in [0.5, 0.6) is 11.5 Å². The molecule has 0 bridgehead atoms. The quantitative estimate of drug-likeness (QED) is 0.421. The summed E-state index contributed by atoms with van der Waals surface area (Å²) in [6, 6.07) is 9.35. The summed E-state index contributed by atoms with van der Waals surface area (Å²) in [5.74, 6) is -1.02. The summed E-state index contributed by atoms with van der Waals surface area (Å²) < 4.78 is 37.8. The third kappa shape index (κ3) is 3.61. The lowest BCUT2D eigenvalue weighted by molar-refractivity contribution is -0.137. The Labute approximate surface area is 144 Å². The van der Waals surface area contributed by atoms with E-state index >= 15 is 0 Å². The van der Waals surface area contributed by atoms with Gasteiger partial charge in [0.15, 0.2) is 0 Å². The summed E-state index contributed by atoms with van der Waals surface area (Å²) in [4.78, 5) is 12.2. The topological polar surface area (TPSA) is 98.2 Å². The Hall–Kier alpha value is -3.49. The van der Waals surface area contributed by atoms with Crippen LogP contribution >= 0.6 is 0 Å². The van der Waals surface area contributed by atoms with Crippen molar-refractivity contribution in [3.05, 3.63) is 59.8 Å². The van der Waals surface area contributed by atoms with Gasteiger partial charge in [-0.3, -0.25) is 9.89 Å². The van der Waals surface area contributed by atoms with Gasteiger partial charge in [-0.2, -0.15) is 18.3 Å². The number of nitrogens with one attached hydrogen (secondary N) is 2. The minimum atomic E-state index is -4.43. The van der Waals surface area contributed by atoms with E-state index in [4.69, 9.17) is 0 Å². The zero-order chi connectivity index (χ0) is 18.9. The van der Waals surface area contributed by atoms with Gasteiger partial charge in [-0.15, -0.1) is 0 Å². The highest BCUT2D eigenvalue weighted by molar-refractivity contribution is 6.04. The largest absolute Gasteiger partial charge is 0.508 e. The Morgan fingerprint density at radius 2 is 1.73 bits per heavy atom. The molecule has 0 aliphatic carbocycles. The number of phenols is 2. The first-order valence-electron chi connectivity index (χ1n) is 7.30. The van der Waals surface area contributed by atoms with Crippen LogP contribution in [0.1, 0.15) is 16.1 Å². The van der Waals surface area contributed by atoms with Crippen molar-refractivity contribution in [3.63, 3.8) is 0 Å². The van der Waals surface area contributed by atoms with Crippen molar-refractivity contribution >= 4 is 11.6 Å². The number of hydrogen-bond acceptors (Lipinski definition) is 4. The Bertz CT molecular complexity index is 950. The van der Waals surface area contributed by atoms with Gasteiger partial charge in [0.1, 0.15) is 17.2 Å². The second-order valence-corrected chi connectivity index (χ2v) is 5.40. The molecule has 4 N–H and O–H groups in total. The van der Waals surface area contributed by atoms with Crippen molar-refractivity contribution in [2.45, 2.75) is 6.18 Å². The lowest BCUT2D eigenvalue weighted by Gasteiger charge is -2.06. The van der Waals surface area contributed by atoms with Gasteiger partial charge in [0.05, 0.1) is 16.9 Å². The summed E-state index contributed by atoms with van der Waals surface area (Å²) in [5.41, 5.74) is -0.0741. The van der Waals surface area contributed by atoms with E-state index in [9.17, 15) is 28.2 Å². The van der Waals surface area contributed by atoms with Gasteiger partial charge in [0, 0.05) is 11.6 Å². The number of H-pyrrole nitrogens is 1. The average molecular weight is 363 g/mol. The molecule has 0 saturated heterocycles. The van der Waals surface area contributed by atoms with Gasteiger partial charge < -0.3 is 15.5 Å². The molecule has 3 rings (SSSR count). The lowest BCUT2D eigenvalue weighted by Crippen LogP contribution is -2.12. The van der Waals surface area contributed by atoms with E-state index in [1.807, 2.05) is 0 Å². The Kier molecular flexibility index (Phi) is 4.29. The molecule has 0 aliphatic rings. The molecule has 9 heteroatoms. The Morgan fingerprint density at radius 1 is 1.04 bits per heavy atom. The van der Waals surface area contributed by atoms with Crippen molar-refractivity contribution < 1.29 is 28.2 Å². The van der Waals surface area contributed by atoms with E-state index in [1.165, 1.54) is 36.4 Å². The molecule has 0 saturated carbocycles. The number of aromatic amines is 1. The number of carbonyl (C=O) groups excluding carboxylic acids is 1. The molecule has 134 valence electrons. The number of rotatable bonds is 3. The minimum Gasteiger partial charge on any atom is -0.508 e. The molecule has 1 heterocycles. The number of aromatic nitrogens is 2. The van der Waals surface area contributed by atoms with Crippen LogP contribution in [-0.4, -0.2) is 26.3 Å². The monoisotopic (exact) mass is 363 g/mol. The molecule has 0 spiro atoms. The number of aromatic hydroxyl groups is 2. The van der Waals surface area contributed by atoms with E-state index in [0.717, 1.165) is 12.1 Å². The van der Waals surface area contributed by atoms with Crippen LogP contribution in [0.25, 0.3) is 11.3 Å². The molecule has 1 amide bonds. The molecule has 0 fully saturated rings. The number of carbonyl (C=O) groups is 1. The van der Waals surface area contributed by atoms with Crippen molar-refractivity contribution in [2.24, 2.45) is 0 Å². The molecular weight excluding hydrogens is 351 g/mol. The van der Waals surface area contributed by atoms with Gasteiger partial charge in [0.2, 0.25) is 0 Å². The zero-order valence-electron chi connectivity index (χ0n) is 13.0. The first-order chi connectivity index (χ1) is 12.2. The van der Waals surface area contributed by atoms with Crippen molar-refractivity contribution in [1.82, 2.24) is 10.2 Å². The third-order valence-corrected chi connectivity index (χ3v) is 3.56. The van der Waals surface area contributed by atoms with Crippen LogP contribution in [0, 0.1) is 0 Å². The number of hydrogen-bond donors (Lipinski definition) is 4. The fraction of sp³-hybridized carbons (Fsp3) is 0.0588. The fourth-order valence-electron chi connectivity index (χ4n) is 2.23. The predicted octanol–water partition coefficient (Wildman–Crippen LogP) is 3.76. The molecule has 0 aliphatic heterocycles. The van der Waals surface area contributed by atoms with Crippen LogP contribution in [0.3, 0.4) is 0 Å². The van der Waals surface area contributed by atoms with Crippen molar-refractivity contribution in [3.8, 4) is 22.8 Å². The number of phenolic OH excluding ortho intramolecular Hbond substituents is 2. The molecule has 2 aromatic carbocycles. The van der Waals surface area contributed by atoms with Gasteiger partial charge in [0.25, 0.3) is 5.91 Å².